The molecule has 0 fully saturated rings. The Morgan fingerprint density at radius 1 is 1.17 bits per heavy atom. The Labute approximate surface area is 152 Å². The minimum atomic E-state index is 0. The number of ether oxygens (including phenoxy) is 1. The second-order valence-corrected chi connectivity index (χ2v) is 6.46. The van der Waals surface area contributed by atoms with Gasteiger partial charge >= 0.3 is 0 Å². The fourth-order valence-electron chi connectivity index (χ4n) is 3.03. The van der Waals surface area contributed by atoms with Gasteiger partial charge in [0.2, 0.25) is 0 Å². The lowest BCUT2D eigenvalue weighted by atomic mass is 9.84. The summed E-state index contributed by atoms with van der Waals surface area (Å²) in [6, 6.07) is 9.45. The molecule has 1 aliphatic rings. The maximum absolute atomic E-state index is 10.0. The molecule has 1 aliphatic heterocycles. The first-order valence-electron chi connectivity index (χ1n) is 7.03. The van der Waals surface area contributed by atoms with Crippen LogP contribution >= 0.6 is 35.6 Å². The van der Waals surface area contributed by atoms with Crippen LogP contribution < -0.4 is 4.74 Å². The zero-order chi connectivity index (χ0) is 15.9. The highest BCUT2D eigenvalue weighted by Gasteiger charge is 2.27. The first-order chi connectivity index (χ1) is 10.5. The van der Waals surface area contributed by atoms with E-state index in [1.165, 1.54) is 0 Å². The summed E-state index contributed by atoms with van der Waals surface area (Å²) in [6.07, 6.45) is 0. The largest absolute Gasteiger partial charge is 0.504 e. The predicted octanol–water partition coefficient (Wildman–Crippen LogP) is 4.71. The molecule has 0 amide bonds. The van der Waals surface area contributed by atoms with E-state index in [1.807, 2.05) is 24.3 Å². The third-order valence-corrected chi connectivity index (χ3v) is 4.84. The van der Waals surface area contributed by atoms with Crippen molar-refractivity contribution < 1.29 is 9.84 Å². The number of methoxy groups -OCH3 is 1. The average Bonchev–Trinajstić information content (AvgIpc) is 2.48. The summed E-state index contributed by atoms with van der Waals surface area (Å²) in [5.74, 6) is 0.829. The topological polar surface area (TPSA) is 32.7 Å². The third-order valence-electron chi connectivity index (χ3n) is 4.10. The van der Waals surface area contributed by atoms with Crippen LogP contribution in [0.15, 0.2) is 30.3 Å². The van der Waals surface area contributed by atoms with E-state index in [9.17, 15) is 5.11 Å². The SMILES string of the molecule is COc1cc2c(cc1O)CN(C)CC2c1ccc(Cl)c(Cl)c1.Cl. The van der Waals surface area contributed by atoms with Crippen molar-refractivity contribution in [1.29, 1.82) is 0 Å². The molecular formula is C17H18Cl3NO2. The van der Waals surface area contributed by atoms with E-state index in [4.69, 9.17) is 27.9 Å². The molecular weight excluding hydrogens is 357 g/mol. The number of likely N-dealkylation sites (N-methyl/N-ethyl adjacent to an activating group) is 1. The van der Waals surface area contributed by atoms with Gasteiger partial charge in [0.25, 0.3) is 0 Å². The first kappa shape index (κ1) is 18.2. The Kier molecular flexibility index (Phi) is 5.69. The van der Waals surface area contributed by atoms with Crippen molar-refractivity contribution in [2.24, 2.45) is 0 Å². The molecule has 3 rings (SSSR count). The normalized spacial score (nSPS) is 17.3. The highest BCUT2D eigenvalue weighted by Crippen LogP contribution is 2.40. The zero-order valence-corrected chi connectivity index (χ0v) is 15.2. The van der Waals surface area contributed by atoms with Gasteiger partial charge in [0.15, 0.2) is 11.5 Å². The molecule has 0 spiro atoms. The molecule has 0 bridgehead atoms. The number of halogens is 3. The van der Waals surface area contributed by atoms with Gasteiger partial charge in [0.1, 0.15) is 0 Å². The van der Waals surface area contributed by atoms with Crippen LogP contribution in [0.25, 0.3) is 0 Å². The number of hydrogen-bond acceptors (Lipinski definition) is 3. The van der Waals surface area contributed by atoms with Gasteiger partial charge in [-0.1, -0.05) is 29.3 Å². The van der Waals surface area contributed by atoms with Crippen molar-refractivity contribution in [3.05, 3.63) is 57.1 Å². The van der Waals surface area contributed by atoms with Gasteiger partial charge in [0, 0.05) is 19.0 Å². The molecule has 0 saturated carbocycles. The van der Waals surface area contributed by atoms with Gasteiger partial charge in [-0.05, 0) is 48.0 Å². The van der Waals surface area contributed by atoms with Crippen LogP contribution in [-0.2, 0) is 6.54 Å². The summed E-state index contributed by atoms with van der Waals surface area (Å²) in [5.41, 5.74) is 3.37. The second kappa shape index (κ2) is 7.18. The van der Waals surface area contributed by atoms with Gasteiger partial charge < -0.3 is 14.7 Å². The van der Waals surface area contributed by atoms with Crippen molar-refractivity contribution in [3.63, 3.8) is 0 Å². The summed E-state index contributed by atoms with van der Waals surface area (Å²) in [5, 5.41) is 11.1. The lowest BCUT2D eigenvalue weighted by molar-refractivity contribution is 0.292. The summed E-state index contributed by atoms with van der Waals surface area (Å²) in [6.45, 7) is 1.67. The van der Waals surface area contributed by atoms with Gasteiger partial charge in [0.05, 0.1) is 17.2 Å². The van der Waals surface area contributed by atoms with Crippen molar-refractivity contribution in [2.75, 3.05) is 20.7 Å². The molecule has 6 heteroatoms. The van der Waals surface area contributed by atoms with Crippen LogP contribution in [0.2, 0.25) is 10.0 Å². The Balaban J connectivity index is 0.00000192. The number of benzene rings is 2. The minimum absolute atomic E-state index is 0. The van der Waals surface area contributed by atoms with Crippen LogP contribution in [0.1, 0.15) is 22.6 Å². The van der Waals surface area contributed by atoms with Crippen molar-refractivity contribution >= 4 is 35.6 Å². The third kappa shape index (κ3) is 3.53. The van der Waals surface area contributed by atoms with E-state index >= 15 is 0 Å². The molecule has 0 saturated heterocycles. The molecule has 1 atom stereocenters. The number of aromatic hydroxyl groups is 1. The number of hydrogen-bond donors (Lipinski definition) is 1. The van der Waals surface area contributed by atoms with E-state index in [2.05, 4.69) is 11.9 Å². The molecule has 124 valence electrons. The molecule has 1 unspecified atom stereocenters. The Morgan fingerprint density at radius 3 is 2.57 bits per heavy atom. The highest BCUT2D eigenvalue weighted by molar-refractivity contribution is 6.42. The van der Waals surface area contributed by atoms with Crippen LogP contribution in [0.4, 0.5) is 0 Å². The molecule has 0 aromatic heterocycles. The number of phenolic OH excluding ortho intramolecular Hbond substituents is 1. The fraction of sp³-hybridized carbons (Fsp3) is 0.294. The molecule has 1 heterocycles. The molecule has 2 aromatic rings. The van der Waals surface area contributed by atoms with Crippen molar-refractivity contribution in [2.45, 2.75) is 12.5 Å². The molecule has 23 heavy (non-hydrogen) atoms. The zero-order valence-electron chi connectivity index (χ0n) is 12.8. The predicted molar refractivity (Wildman–Crippen MR) is 96.5 cm³/mol. The van der Waals surface area contributed by atoms with Gasteiger partial charge in [-0.3, -0.25) is 0 Å². The van der Waals surface area contributed by atoms with Crippen molar-refractivity contribution in [3.8, 4) is 11.5 Å². The molecule has 3 nitrogen and oxygen atoms in total. The number of fused-ring (bicyclic) bond motifs is 1. The fourth-order valence-corrected chi connectivity index (χ4v) is 3.34. The number of rotatable bonds is 2. The summed E-state index contributed by atoms with van der Waals surface area (Å²) >= 11 is 12.2. The molecule has 0 radical (unpaired) electrons. The van der Waals surface area contributed by atoms with Gasteiger partial charge in [-0.15, -0.1) is 12.4 Å². The van der Waals surface area contributed by atoms with Crippen LogP contribution in [0, 0.1) is 0 Å². The standard InChI is InChI=1S/C17H17Cl2NO2.ClH/c1-20-8-11-6-16(21)17(22-2)7-12(11)13(9-20)10-3-4-14(18)15(19)5-10;/h3-7,13,21H,8-9H2,1-2H3;1H. The van der Waals surface area contributed by atoms with Crippen LogP contribution in [0.5, 0.6) is 11.5 Å². The van der Waals surface area contributed by atoms with E-state index in [-0.39, 0.29) is 24.1 Å². The number of phenols is 1. The quantitative estimate of drug-likeness (QED) is 0.826. The van der Waals surface area contributed by atoms with E-state index in [1.54, 1.807) is 13.2 Å². The maximum Gasteiger partial charge on any atom is 0.160 e. The molecule has 0 aliphatic carbocycles. The Hall–Kier alpha value is -1.13. The lowest BCUT2D eigenvalue weighted by Gasteiger charge is -2.33. The summed E-state index contributed by atoms with van der Waals surface area (Å²) in [7, 11) is 3.62. The van der Waals surface area contributed by atoms with E-state index in [0.29, 0.717) is 15.8 Å². The van der Waals surface area contributed by atoms with E-state index < -0.39 is 0 Å². The Bertz CT molecular complexity index is 721. The molecule has 2 aromatic carbocycles. The van der Waals surface area contributed by atoms with E-state index in [0.717, 1.165) is 29.8 Å². The van der Waals surface area contributed by atoms with Crippen molar-refractivity contribution in [1.82, 2.24) is 4.90 Å². The van der Waals surface area contributed by atoms with Gasteiger partial charge in [-0.25, -0.2) is 0 Å². The minimum Gasteiger partial charge on any atom is -0.504 e. The first-order valence-corrected chi connectivity index (χ1v) is 7.78. The summed E-state index contributed by atoms with van der Waals surface area (Å²) < 4.78 is 5.25. The molecule has 1 N–H and O–H groups in total. The number of nitrogens with zero attached hydrogens (tertiary/aromatic N) is 1. The monoisotopic (exact) mass is 373 g/mol. The van der Waals surface area contributed by atoms with Gasteiger partial charge in [-0.2, -0.15) is 0 Å². The highest BCUT2D eigenvalue weighted by atomic mass is 35.5. The lowest BCUT2D eigenvalue weighted by Crippen LogP contribution is -2.31. The van der Waals surface area contributed by atoms with Crippen LogP contribution in [-0.4, -0.2) is 30.7 Å². The van der Waals surface area contributed by atoms with Crippen LogP contribution in [0.3, 0.4) is 0 Å². The Morgan fingerprint density at radius 2 is 1.91 bits per heavy atom. The second-order valence-electron chi connectivity index (χ2n) is 5.65. The average molecular weight is 375 g/mol. The maximum atomic E-state index is 10.0. The smallest absolute Gasteiger partial charge is 0.160 e. The summed E-state index contributed by atoms with van der Waals surface area (Å²) in [4.78, 5) is 2.22.